The fraction of sp³-hybridized carbons (Fsp3) is 0.731. The number of cyclic esters (lactones) is 2. The number of carbonyl (C=O) groups is 3. The first-order chi connectivity index (χ1) is 15.9. The van der Waals surface area contributed by atoms with E-state index in [1.807, 2.05) is 27.7 Å². The molecule has 6 rings (SSSR count). The summed E-state index contributed by atoms with van der Waals surface area (Å²) in [6.45, 7) is 7.87. The standard InChI is InChI=1S/C26H32O8/c1-22(2)16-9-17(27)24(4)15(25(16)13-32-19(28)10-18(25)34-22)5-7-23(3)21(14-6-8-31-12-14)33-20(29)11-26(23,24)30/h6,8,12,15-16,18,21,30H,5,7,9-11,13H2,1-4H3/t15?,16?,18?,21-,23-,24?,25?,26?/m0/s1. The number of rotatable bonds is 1. The van der Waals surface area contributed by atoms with Crippen molar-refractivity contribution in [3.8, 4) is 0 Å². The van der Waals surface area contributed by atoms with Crippen LogP contribution in [0.3, 0.4) is 0 Å². The second kappa shape index (κ2) is 6.52. The van der Waals surface area contributed by atoms with E-state index in [1.165, 1.54) is 12.5 Å². The van der Waals surface area contributed by atoms with Crippen LogP contribution in [0.15, 0.2) is 23.0 Å². The molecule has 3 saturated heterocycles. The Balaban J connectivity index is 1.53. The van der Waals surface area contributed by atoms with E-state index in [-0.39, 0.29) is 55.6 Å². The second-order valence-electron chi connectivity index (χ2n) is 12.0. The Bertz CT molecular complexity index is 1080. The van der Waals surface area contributed by atoms with Crippen molar-refractivity contribution in [2.45, 2.75) is 83.2 Å². The van der Waals surface area contributed by atoms with Crippen LogP contribution in [0.2, 0.25) is 0 Å². The average Bonchev–Trinajstić information content (AvgIpc) is 3.35. The fourth-order valence-electron chi connectivity index (χ4n) is 8.83. The molecule has 0 aromatic carbocycles. The minimum atomic E-state index is -1.64. The Labute approximate surface area is 198 Å². The van der Waals surface area contributed by atoms with Crippen molar-refractivity contribution >= 4 is 17.7 Å². The third-order valence-electron chi connectivity index (χ3n) is 10.5. The molecule has 6 unspecified atom stereocenters. The molecule has 1 spiro atoms. The Hall–Kier alpha value is -2.19. The largest absolute Gasteiger partial charge is 0.472 e. The van der Waals surface area contributed by atoms with Crippen molar-refractivity contribution in [2.24, 2.45) is 28.1 Å². The summed E-state index contributed by atoms with van der Waals surface area (Å²) >= 11 is 0. The van der Waals surface area contributed by atoms with Crippen LogP contribution in [0, 0.1) is 28.1 Å². The zero-order valence-electron chi connectivity index (χ0n) is 20.1. The van der Waals surface area contributed by atoms with Crippen molar-refractivity contribution in [1.82, 2.24) is 0 Å². The maximum Gasteiger partial charge on any atom is 0.309 e. The molecule has 1 aromatic heterocycles. The Kier molecular flexibility index (Phi) is 4.27. The first-order valence-electron chi connectivity index (χ1n) is 12.2. The summed E-state index contributed by atoms with van der Waals surface area (Å²) in [7, 11) is 0. The third-order valence-corrected chi connectivity index (χ3v) is 10.5. The minimum absolute atomic E-state index is 0.0589. The highest BCUT2D eigenvalue weighted by atomic mass is 16.6. The van der Waals surface area contributed by atoms with E-state index in [2.05, 4.69) is 0 Å². The van der Waals surface area contributed by atoms with Gasteiger partial charge in [0.25, 0.3) is 0 Å². The lowest BCUT2D eigenvalue weighted by atomic mass is 9.36. The summed E-state index contributed by atoms with van der Waals surface area (Å²) in [4.78, 5) is 39.3. The van der Waals surface area contributed by atoms with Gasteiger partial charge in [0.15, 0.2) is 0 Å². The molecular weight excluding hydrogens is 440 g/mol. The molecule has 2 saturated carbocycles. The number of fused-ring (bicyclic) bond motifs is 3. The Morgan fingerprint density at radius 1 is 1.03 bits per heavy atom. The van der Waals surface area contributed by atoms with Crippen LogP contribution < -0.4 is 0 Å². The minimum Gasteiger partial charge on any atom is -0.472 e. The van der Waals surface area contributed by atoms with Gasteiger partial charge in [-0.3, -0.25) is 14.4 Å². The van der Waals surface area contributed by atoms with Gasteiger partial charge in [0.05, 0.1) is 48.1 Å². The Morgan fingerprint density at radius 2 is 1.79 bits per heavy atom. The van der Waals surface area contributed by atoms with E-state index in [4.69, 9.17) is 18.6 Å². The molecule has 1 N–H and O–H groups in total. The molecule has 2 aliphatic carbocycles. The van der Waals surface area contributed by atoms with E-state index in [0.717, 1.165) is 0 Å². The van der Waals surface area contributed by atoms with Gasteiger partial charge >= 0.3 is 11.9 Å². The summed E-state index contributed by atoms with van der Waals surface area (Å²) in [5.41, 5.74) is -4.30. The molecule has 8 nitrogen and oxygen atoms in total. The Morgan fingerprint density at radius 3 is 2.50 bits per heavy atom. The van der Waals surface area contributed by atoms with Crippen LogP contribution in [0.4, 0.5) is 0 Å². The summed E-state index contributed by atoms with van der Waals surface area (Å²) in [6.07, 6.45) is 3.17. The first kappa shape index (κ1) is 22.3. The summed E-state index contributed by atoms with van der Waals surface area (Å²) in [6, 6.07) is 1.74. The number of ether oxygens (including phenoxy) is 3. The monoisotopic (exact) mass is 472 g/mol. The maximum absolute atomic E-state index is 14.1. The molecule has 4 heterocycles. The number of aliphatic hydroxyl groups is 1. The third kappa shape index (κ3) is 2.34. The van der Waals surface area contributed by atoms with E-state index in [0.29, 0.717) is 18.4 Å². The molecule has 0 amide bonds. The number of furan rings is 1. The molecule has 34 heavy (non-hydrogen) atoms. The van der Waals surface area contributed by atoms with Gasteiger partial charge in [0, 0.05) is 28.7 Å². The van der Waals surface area contributed by atoms with Crippen molar-refractivity contribution in [3.63, 3.8) is 0 Å². The second-order valence-corrected chi connectivity index (χ2v) is 12.0. The van der Waals surface area contributed by atoms with E-state index >= 15 is 0 Å². The molecule has 3 aliphatic heterocycles. The molecule has 5 fully saturated rings. The van der Waals surface area contributed by atoms with E-state index < -0.39 is 39.5 Å². The van der Waals surface area contributed by atoms with Gasteiger partial charge in [-0.1, -0.05) is 6.92 Å². The maximum atomic E-state index is 14.1. The molecule has 5 aliphatic rings. The van der Waals surface area contributed by atoms with Crippen molar-refractivity contribution in [3.05, 3.63) is 24.2 Å². The van der Waals surface area contributed by atoms with Crippen LogP contribution in [0.25, 0.3) is 0 Å². The topological polar surface area (TPSA) is 112 Å². The van der Waals surface area contributed by atoms with Gasteiger partial charge in [-0.25, -0.2) is 0 Å². The fourth-order valence-corrected chi connectivity index (χ4v) is 8.83. The predicted octanol–water partition coefficient (Wildman–Crippen LogP) is 3.12. The molecule has 0 bridgehead atoms. The van der Waals surface area contributed by atoms with Gasteiger partial charge < -0.3 is 23.7 Å². The van der Waals surface area contributed by atoms with Crippen molar-refractivity contribution in [2.75, 3.05) is 6.61 Å². The smallest absolute Gasteiger partial charge is 0.309 e. The zero-order chi connectivity index (χ0) is 24.3. The number of Topliss-reactive ketones (excluding diaryl/α,β-unsaturated/α-hetero) is 1. The quantitative estimate of drug-likeness (QED) is 0.621. The van der Waals surface area contributed by atoms with Crippen LogP contribution in [-0.4, -0.2) is 46.7 Å². The van der Waals surface area contributed by atoms with Gasteiger partial charge in [0.1, 0.15) is 18.5 Å². The SMILES string of the molecule is CC1(C)OC2CC(=O)OCC23C1CC(=O)C1(C)C3CC[C@@]2(C)[C@H](c3ccoc3)OC(=O)CC12O. The highest BCUT2D eigenvalue weighted by molar-refractivity contribution is 5.90. The number of ketones is 1. The van der Waals surface area contributed by atoms with Gasteiger partial charge in [-0.05, 0) is 45.6 Å². The number of esters is 2. The number of hydrogen-bond acceptors (Lipinski definition) is 8. The lowest BCUT2D eigenvalue weighted by molar-refractivity contribution is -0.293. The van der Waals surface area contributed by atoms with Crippen LogP contribution in [0.5, 0.6) is 0 Å². The molecule has 8 atom stereocenters. The number of hydrogen-bond donors (Lipinski definition) is 1. The normalized spacial score (nSPS) is 49.3. The lowest BCUT2D eigenvalue weighted by Crippen LogP contribution is -2.76. The molecule has 0 radical (unpaired) electrons. The van der Waals surface area contributed by atoms with Crippen LogP contribution >= 0.6 is 0 Å². The highest BCUT2D eigenvalue weighted by Crippen LogP contribution is 2.74. The molecule has 184 valence electrons. The van der Waals surface area contributed by atoms with Gasteiger partial charge in [0.2, 0.25) is 0 Å². The van der Waals surface area contributed by atoms with Crippen molar-refractivity contribution < 1.29 is 38.1 Å². The zero-order valence-corrected chi connectivity index (χ0v) is 20.1. The predicted molar refractivity (Wildman–Crippen MR) is 116 cm³/mol. The molecule has 1 aromatic rings. The number of carbonyl (C=O) groups excluding carboxylic acids is 3. The van der Waals surface area contributed by atoms with Crippen LogP contribution in [-0.2, 0) is 28.6 Å². The lowest BCUT2D eigenvalue weighted by Gasteiger charge is -2.69. The molecule has 8 heteroatoms. The summed E-state index contributed by atoms with van der Waals surface area (Å²) in [5, 5.41) is 12.6. The van der Waals surface area contributed by atoms with E-state index in [9.17, 15) is 19.5 Å². The summed E-state index contributed by atoms with van der Waals surface area (Å²) < 4.78 is 23.2. The molecular formula is C26H32O8. The highest BCUT2D eigenvalue weighted by Gasteiger charge is 2.80. The summed E-state index contributed by atoms with van der Waals surface area (Å²) in [5.74, 6) is -1.34. The van der Waals surface area contributed by atoms with Crippen molar-refractivity contribution in [1.29, 1.82) is 0 Å². The van der Waals surface area contributed by atoms with Crippen LogP contribution in [0.1, 0.15) is 71.5 Å². The van der Waals surface area contributed by atoms with E-state index in [1.54, 1.807) is 6.07 Å². The first-order valence-corrected chi connectivity index (χ1v) is 12.2. The average molecular weight is 473 g/mol. The van der Waals surface area contributed by atoms with Gasteiger partial charge in [-0.15, -0.1) is 0 Å². The van der Waals surface area contributed by atoms with Gasteiger partial charge in [-0.2, -0.15) is 0 Å².